The number of nitrogens with two attached hydrogens (primary N) is 1. The van der Waals surface area contributed by atoms with Crippen LogP contribution in [0.3, 0.4) is 0 Å². The Kier molecular flexibility index (Phi) is 4.76. The molecule has 1 atom stereocenters. The molecule has 1 aromatic rings. The average Bonchev–Trinajstić information content (AvgIpc) is 2.41. The molecule has 3 N–H and O–H groups in total. The fourth-order valence-corrected chi connectivity index (χ4v) is 3.69. The Hall–Kier alpha value is -0.900. The van der Waals surface area contributed by atoms with E-state index >= 15 is 0 Å². The largest absolute Gasteiger partial charge is 0.376 e. The average molecular weight is 290 g/mol. The molecule has 0 radical (unpaired) electrons. The van der Waals surface area contributed by atoms with Crippen molar-refractivity contribution in [3.63, 3.8) is 0 Å². The van der Waals surface area contributed by atoms with Crippen molar-refractivity contribution in [2.24, 2.45) is 11.3 Å². The zero-order chi connectivity index (χ0) is 15.7. The molecule has 1 aliphatic carbocycles. The van der Waals surface area contributed by atoms with Gasteiger partial charge < -0.3 is 4.74 Å². The van der Waals surface area contributed by atoms with Gasteiger partial charge in [0.25, 0.3) is 0 Å². The van der Waals surface area contributed by atoms with E-state index in [0.29, 0.717) is 5.41 Å². The van der Waals surface area contributed by atoms with Crippen LogP contribution >= 0.6 is 0 Å². The summed E-state index contributed by atoms with van der Waals surface area (Å²) in [4.78, 5) is 0. The van der Waals surface area contributed by atoms with Gasteiger partial charge in [0.05, 0.1) is 11.6 Å². The number of methoxy groups -OCH3 is 1. The highest BCUT2D eigenvalue weighted by Gasteiger charge is 2.44. The predicted molar refractivity (Wildman–Crippen MR) is 88.0 cm³/mol. The Bertz CT molecular complexity index is 466. The molecule has 0 aliphatic heterocycles. The van der Waals surface area contributed by atoms with E-state index in [0.717, 1.165) is 12.8 Å². The van der Waals surface area contributed by atoms with E-state index in [1.807, 2.05) is 7.11 Å². The molecule has 0 aromatic heterocycles. The molecule has 2 rings (SSSR count). The van der Waals surface area contributed by atoms with E-state index in [9.17, 15) is 0 Å². The van der Waals surface area contributed by atoms with Crippen LogP contribution in [0, 0.1) is 19.3 Å². The molecule has 1 fully saturated rings. The summed E-state index contributed by atoms with van der Waals surface area (Å²) in [6, 6.07) is 6.67. The summed E-state index contributed by atoms with van der Waals surface area (Å²) in [5.74, 6) is 5.93. The zero-order valence-corrected chi connectivity index (χ0v) is 14.1. The van der Waals surface area contributed by atoms with Crippen molar-refractivity contribution < 1.29 is 4.74 Å². The zero-order valence-electron chi connectivity index (χ0n) is 14.1. The van der Waals surface area contributed by atoms with Crippen molar-refractivity contribution in [2.45, 2.75) is 65.0 Å². The summed E-state index contributed by atoms with van der Waals surface area (Å²) in [7, 11) is 1.82. The van der Waals surface area contributed by atoms with E-state index in [1.165, 1.54) is 29.5 Å². The Morgan fingerprint density at radius 3 is 2.00 bits per heavy atom. The topological polar surface area (TPSA) is 47.3 Å². The quantitative estimate of drug-likeness (QED) is 0.655. The lowest BCUT2D eigenvalue weighted by molar-refractivity contribution is -0.0877. The molecule has 1 saturated carbocycles. The molecule has 118 valence electrons. The standard InChI is InChI=1S/C18H30N2O/c1-13-10-14(2)12-15(11-13)16(20-19)18(21-5)8-6-17(3,4)7-9-18/h10-12,16,20H,6-9,19H2,1-5H3. The van der Waals surface area contributed by atoms with Gasteiger partial charge in [0.1, 0.15) is 0 Å². The number of hydrazine groups is 1. The second-order valence-corrected chi connectivity index (χ2v) is 7.45. The third kappa shape index (κ3) is 3.47. The van der Waals surface area contributed by atoms with E-state index in [2.05, 4.69) is 51.3 Å². The Balaban J connectivity index is 2.34. The molecule has 3 heteroatoms. The smallest absolute Gasteiger partial charge is 0.0885 e. The highest BCUT2D eigenvalue weighted by Crippen LogP contribution is 2.47. The minimum atomic E-state index is -0.204. The van der Waals surface area contributed by atoms with E-state index < -0.39 is 0 Å². The van der Waals surface area contributed by atoms with Gasteiger partial charge in [0.15, 0.2) is 0 Å². The summed E-state index contributed by atoms with van der Waals surface area (Å²) in [5, 5.41) is 0. The minimum Gasteiger partial charge on any atom is -0.376 e. The van der Waals surface area contributed by atoms with Crippen LogP contribution in [-0.4, -0.2) is 12.7 Å². The van der Waals surface area contributed by atoms with Crippen molar-refractivity contribution in [1.29, 1.82) is 0 Å². The summed E-state index contributed by atoms with van der Waals surface area (Å²) < 4.78 is 6.02. The summed E-state index contributed by atoms with van der Waals surface area (Å²) in [6.45, 7) is 8.95. The first-order valence-electron chi connectivity index (χ1n) is 7.91. The molecular formula is C18H30N2O. The summed E-state index contributed by atoms with van der Waals surface area (Å²) >= 11 is 0. The fraction of sp³-hybridized carbons (Fsp3) is 0.667. The number of aryl methyl sites for hydroxylation is 2. The molecule has 0 spiro atoms. The summed E-state index contributed by atoms with van der Waals surface area (Å²) in [5.41, 5.74) is 7.01. The van der Waals surface area contributed by atoms with E-state index in [4.69, 9.17) is 10.6 Å². The van der Waals surface area contributed by atoms with Gasteiger partial charge in [0.2, 0.25) is 0 Å². The lowest BCUT2D eigenvalue weighted by atomic mass is 9.67. The lowest BCUT2D eigenvalue weighted by Gasteiger charge is -2.47. The first-order chi connectivity index (χ1) is 9.82. The Labute approximate surface area is 129 Å². The molecule has 1 aromatic carbocycles. The van der Waals surface area contributed by atoms with Crippen LogP contribution in [0.5, 0.6) is 0 Å². The number of nitrogens with one attached hydrogen (secondary N) is 1. The summed E-state index contributed by atoms with van der Waals surface area (Å²) in [6.07, 6.45) is 4.42. The van der Waals surface area contributed by atoms with Crippen LogP contribution in [0.2, 0.25) is 0 Å². The minimum absolute atomic E-state index is 0.0391. The Morgan fingerprint density at radius 2 is 1.57 bits per heavy atom. The molecule has 1 aliphatic rings. The fourth-order valence-electron chi connectivity index (χ4n) is 3.69. The third-order valence-corrected chi connectivity index (χ3v) is 5.13. The van der Waals surface area contributed by atoms with Crippen molar-refractivity contribution in [3.8, 4) is 0 Å². The number of ether oxygens (including phenoxy) is 1. The molecule has 0 heterocycles. The van der Waals surface area contributed by atoms with Gasteiger partial charge >= 0.3 is 0 Å². The maximum Gasteiger partial charge on any atom is 0.0885 e. The molecule has 0 saturated heterocycles. The van der Waals surface area contributed by atoms with Crippen LogP contribution in [0.4, 0.5) is 0 Å². The highest BCUT2D eigenvalue weighted by molar-refractivity contribution is 5.32. The SMILES string of the molecule is COC1(C(NN)c2cc(C)cc(C)c2)CCC(C)(C)CC1. The molecular weight excluding hydrogens is 260 g/mol. The van der Waals surface area contributed by atoms with Crippen molar-refractivity contribution in [2.75, 3.05) is 7.11 Å². The predicted octanol–water partition coefficient (Wildman–Crippen LogP) is 3.79. The second-order valence-electron chi connectivity index (χ2n) is 7.45. The molecule has 3 nitrogen and oxygen atoms in total. The van der Waals surface area contributed by atoms with Crippen LogP contribution in [0.1, 0.15) is 62.3 Å². The number of hydrogen-bond acceptors (Lipinski definition) is 3. The van der Waals surface area contributed by atoms with Crippen LogP contribution in [0.15, 0.2) is 18.2 Å². The van der Waals surface area contributed by atoms with Gasteiger partial charge in [-0.2, -0.15) is 0 Å². The van der Waals surface area contributed by atoms with Crippen molar-refractivity contribution in [1.82, 2.24) is 5.43 Å². The molecule has 0 bridgehead atoms. The van der Waals surface area contributed by atoms with E-state index in [-0.39, 0.29) is 11.6 Å². The number of rotatable bonds is 4. The van der Waals surface area contributed by atoms with Gasteiger partial charge in [-0.05, 0) is 50.5 Å². The monoisotopic (exact) mass is 290 g/mol. The Morgan fingerprint density at radius 1 is 1.05 bits per heavy atom. The first-order valence-corrected chi connectivity index (χ1v) is 7.91. The molecule has 1 unspecified atom stereocenters. The maximum atomic E-state index is 6.02. The number of hydrogen-bond donors (Lipinski definition) is 2. The second kappa shape index (κ2) is 6.07. The van der Waals surface area contributed by atoms with Gasteiger partial charge in [-0.25, -0.2) is 0 Å². The van der Waals surface area contributed by atoms with Gasteiger partial charge in [-0.15, -0.1) is 0 Å². The van der Waals surface area contributed by atoms with Crippen LogP contribution in [0.25, 0.3) is 0 Å². The molecule has 0 amide bonds. The number of benzene rings is 1. The maximum absolute atomic E-state index is 6.02. The van der Waals surface area contributed by atoms with Crippen LogP contribution in [-0.2, 0) is 4.74 Å². The van der Waals surface area contributed by atoms with Crippen LogP contribution < -0.4 is 11.3 Å². The van der Waals surface area contributed by atoms with Gasteiger partial charge in [-0.3, -0.25) is 11.3 Å². The highest BCUT2D eigenvalue weighted by atomic mass is 16.5. The lowest BCUT2D eigenvalue weighted by Crippen LogP contribution is -2.51. The first kappa shape index (κ1) is 16.5. The molecule has 21 heavy (non-hydrogen) atoms. The van der Waals surface area contributed by atoms with Gasteiger partial charge in [0, 0.05) is 7.11 Å². The normalized spacial score (nSPS) is 22.0. The van der Waals surface area contributed by atoms with Gasteiger partial charge in [-0.1, -0.05) is 43.2 Å². The van der Waals surface area contributed by atoms with Crippen molar-refractivity contribution >= 4 is 0 Å². The third-order valence-electron chi connectivity index (χ3n) is 5.13. The van der Waals surface area contributed by atoms with Crippen molar-refractivity contribution in [3.05, 3.63) is 34.9 Å². The van der Waals surface area contributed by atoms with E-state index in [1.54, 1.807) is 0 Å².